The number of carbonyl (C=O) groups excluding carboxylic acids is 1. The number of benzene rings is 1. The molecule has 20 heavy (non-hydrogen) atoms. The molecule has 0 atom stereocenters. The van der Waals surface area contributed by atoms with Crippen LogP contribution in [0.3, 0.4) is 0 Å². The molecule has 2 aliphatic heterocycles. The average Bonchev–Trinajstić information content (AvgIpc) is 2.87. The number of amides is 1. The van der Waals surface area contributed by atoms with E-state index in [1.807, 2.05) is 43.3 Å². The maximum atomic E-state index is 11.7. The summed E-state index contributed by atoms with van der Waals surface area (Å²) in [6, 6.07) is 9.93. The highest BCUT2D eigenvalue weighted by molar-refractivity contribution is 6.11. The molecule has 100 valence electrons. The van der Waals surface area contributed by atoms with Crippen molar-refractivity contribution in [3.05, 3.63) is 53.9 Å². The Bertz CT molecular complexity index is 670. The normalized spacial score (nSPS) is 19.0. The van der Waals surface area contributed by atoms with Crippen molar-refractivity contribution >= 4 is 23.5 Å². The van der Waals surface area contributed by atoms with Gasteiger partial charge in [0.2, 0.25) is 5.91 Å². The van der Waals surface area contributed by atoms with Crippen LogP contribution in [-0.2, 0) is 4.79 Å². The predicted octanol–water partition coefficient (Wildman–Crippen LogP) is 2.41. The van der Waals surface area contributed by atoms with E-state index >= 15 is 0 Å². The summed E-state index contributed by atoms with van der Waals surface area (Å²) in [6.07, 6.45) is 5.47. The van der Waals surface area contributed by atoms with E-state index in [1.165, 1.54) is 11.9 Å². The van der Waals surface area contributed by atoms with Gasteiger partial charge in [-0.3, -0.25) is 4.79 Å². The summed E-state index contributed by atoms with van der Waals surface area (Å²) in [4.78, 5) is 11.7. The average molecular weight is 266 g/mol. The van der Waals surface area contributed by atoms with Crippen molar-refractivity contribution in [2.45, 2.75) is 13.8 Å². The molecule has 1 aromatic rings. The predicted molar refractivity (Wildman–Crippen MR) is 78.5 cm³/mol. The molecule has 0 fully saturated rings. The van der Waals surface area contributed by atoms with E-state index in [9.17, 15) is 4.79 Å². The van der Waals surface area contributed by atoms with Crippen LogP contribution in [0, 0.1) is 0 Å². The molecular formula is C15H14N4O. The van der Waals surface area contributed by atoms with Gasteiger partial charge in [-0.2, -0.15) is 5.10 Å². The van der Waals surface area contributed by atoms with Gasteiger partial charge in [-0.1, -0.05) is 30.3 Å². The molecule has 1 amide bonds. The molecule has 0 N–H and O–H groups in total. The van der Waals surface area contributed by atoms with E-state index in [0.29, 0.717) is 5.84 Å². The van der Waals surface area contributed by atoms with Crippen LogP contribution >= 0.6 is 0 Å². The molecule has 3 rings (SSSR count). The molecule has 5 nitrogen and oxygen atoms in total. The summed E-state index contributed by atoms with van der Waals surface area (Å²) < 4.78 is 0. The van der Waals surface area contributed by atoms with Crippen LogP contribution in [0.15, 0.2) is 58.5 Å². The summed E-state index contributed by atoms with van der Waals surface area (Å²) in [5.74, 6) is 0.577. The maximum absolute atomic E-state index is 11.7. The highest BCUT2D eigenvalue weighted by Crippen LogP contribution is 2.24. The summed E-state index contributed by atoms with van der Waals surface area (Å²) >= 11 is 0. The first-order chi connectivity index (χ1) is 9.66. The third kappa shape index (κ3) is 2.03. The Morgan fingerprint density at radius 1 is 1.20 bits per heavy atom. The van der Waals surface area contributed by atoms with Crippen LogP contribution < -0.4 is 0 Å². The minimum absolute atomic E-state index is 0.0693. The minimum Gasteiger partial charge on any atom is -0.273 e. The van der Waals surface area contributed by atoms with Crippen molar-refractivity contribution in [2.75, 3.05) is 0 Å². The lowest BCUT2D eigenvalue weighted by Crippen LogP contribution is -2.43. The lowest BCUT2D eigenvalue weighted by Gasteiger charge is -2.31. The zero-order valence-electron chi connectivity index (χ0n) is 11.3. The number of hydrogen-bond acceptors (Lipinski definition) is 4. The highest BCUT2D eigenvalue weighted by atomic mass is 16.2. The lowest BCUT2D eigenvalue weighted by atomic mass is 10.1. The molecule has 1 aromatic carbocycles. The third-order valence-corrected chi connectivity index (χ3v) is 3.12. The summed E-state index contributed by atoms with van der Waals surface area (Å²) in [5, 5.41) is 11.6. The Labute approximate surface area is 117 Å². The van der Waals surface area contributed by atoms with Crippen LogP contribution in [0.25, 0.3) is 6.08 Å². The van der Waals surface area contributed by atoms with Gasteiger partial charge in [0, 0.05) is 19.2 Å². The molecule has 0 bridgehead atoms. The summed E-state index contributed by atoms with van der Waals surface area (Å²) in [6.45, 7) is 3.40. The SMILES string of the molecule is CC(=O)N1C=CC2=NN=C(C)/C(=C/c3ccccc3)N21. The number of hydrazine groups is 1. The van der Waals surface area contributed by atoms with Gasteiger partial charge < -0.3 is 0 Å². The lowest BCUT2D eigenvalue weighted by molar-refractivity contribution is -0.132. The molecule has 2 heterocycles. The zero-order chi connectivity index (χ0) is 14.1. The van der Waals surface area contributed by atoms with E-state index in [4.69, 9.17) is 0 Å². The second kappa shape index (κ2) is 4.77. The van der Waals surface area contributed by atoms with E-state index in [0.717, 1.165) is 17.0 Å². The van der Waals surface area contributed by atoms with Crippen molar-refractivity contribution in [1.82, 2.24) is 10.0 Å². The number of amidine groups is 1. The second-order valence-electron chi connectivity index (χ2n) is 4.57. The van der Waals surface area contributed by atoms with E-state index in [1.54, 1.807) is 17.3 Å². The van der Waals surface area contributed by atoms with Crippen molar-refractivity contribution < 1.29 is 4.79 Å². The Hall–Kier alpha value is -2.69. The largest absolute Gasteiger partial charge is 0.273 e. The van der Waals surface area contributed by atoms with Crippen LogP contribution in [0.5, 0.6) is 0 Å². The maximum Gasteiger partial charge on any atom is 0.242 e. The number of hydrogen-bond donors (Lipinski definition) is 0. The molecular weight excluding hydrogens is 252 g/mol. The monoisotopic (exact) mass is 266 g/mol. The van der Waals surface area contributed by atoms with Gasteiger partial charge in [0.25, 0.3) is 0 Å². The van der Waals surface area contributed by atoms with Gasteiger partial charge in [-0.15, -0.1) is 5.10 Å². The fraction of sp³-hybridized carbons (Fsp3) is 0.133. The first-order valence-electron chi connectivity index (χ1n) is 6.34. The molecule has 0 aliphatic carbocycles. The first kappa shape index (κ1) is 12.3. The second-order valence-corrected chi connectivity index (χ2v) is 4.57. The van der Waals surface area contributed by atoms with Gasteiger partial charge in [-0.05, 0) is 18.6 Å². The Kier molecular flexibility index (Phi) is 2.95. The molecule has 5 heteroatoms. The third-order valence-electron chi connectivity index (χ3n) is 3.12. The first-order valence-corrected chi connectivity index (χ1v) is 6.34. The van der Waals surface area contributed by atoms with Crippen LogP contribution in [0.4, 0.5) is 0 Å². The summed E-state index contributed by atoms with van der Waals surface area (Å²) in [7, 11) is 0. The molecule has 0 aromatic heterocycles. The van der Waals surface area contributed by atoms with Crippen LogP contribution in [0.1, 0.15) is 19.4 Å². The molecule has 0 spiro atoms. The smallest absolute Gasteiger partial charge is 0.242 e. The van der Waals surface area contributed by atoms with Crippen molar-refractivity contribution in [2.24, 2.45) is 10.2 Å². The van der Waals surface area contributed by atoms with Gasteiger partial charge in [0.15, 0.2) is 5.84 Å². The number of fused-ring (bicyclic) bond motifs is 1. The highest BCUT2D eigenvalue weighted by Gasteiger charge is 2.31. The number of nitrogens with zero attached hydrogens (tertiary/aromatic N) is 4. The van der Waals surface area contributed by atoms with Crippen LogP contribution in [0.2, 0.25) is 0 Å². The minimum atomic E-state index is -0.0693. The summed E-state index contributed by atoms with van der Waals surface area (Å²) in [5.41, 5.74) is 2.67. The van der Waals surface area contributed by atoms with E-state index < -0.39 is 0 Å². The van der Waals surface area contributed by atoms with Crippen molar-refractivity contribution in [1.29, 1.82) is 0 Å². The van der Waals surface area contributed by atoms with E-state index in [2.05, 4.69) is 10.2 Å². The van der Waals surface area contributed by atoms with Gasteiger partial charge in [0.1, 0.15) is 0 Å². The van der Waals surface area contributed by atoms with Crippen molar-refractivity contribution in [3.63, 3.8) is 0 Å². The van der Waals surface area contributed by atoms with E-state index in [-0.39, 0.29) is 5.91 Å². The van der Waals surface area contributed by atoms with Gasteiger partial charge in [-0.25, -0.2) is 10.0 Å². The Morgan fingerprint density at radius 2 is 1.95 bits per heavy atom. The number of allylic oxidation sites excluding steroid dienone is 1. The number of rotatable bonds is 1. The standard InChI is InChI=1S/C15H14N4O/c1-11-14(10-13-6-4-3-5-7-13)19-15(17-16-11)8-9-18(19)12(2)20/h3-10H,1-2H3/b14-10-. The zero-order valence-corrected chi connectivity index (χ0v) is 11.3. The number of carbonyl (C=O) groups is 1. The quantitative estimate of drug-likeness (QED) is 0.783. The Morgan fingerprint density at radius 3 is 2.65 bits per heavy atom. The molecule has 0 saturated heterocycles. The Balaban J connectivity index is 2.05. The fourth-order valence-electron chi connectivity index (χ4n) is 2.15. The topological polar surface area (TPSA) is 48.3 Å². The molecule has 0 unspecified atom stereocenters. The van der Waals surface area contributed by atoms with Gasteiger partial charge >= 0.3 is 0 Å². The van der Waals surface area contributed by atoms with Crippen molar-refractivity contribution in [3.8, 4) is 0 Å². The fourth-order valence-corrected chi connectivity index (χ4v) is 2.15. The van der Waals surface area contributed by atoms with Crippen LogP contribution in [-0.4, -0.2) is 27.5 Å². The van der Waals surface area contributed by atoms with Gasteiger partial charge in [0.05, 0.1) is 11.4 Å². The molecule has 0 saturated carbocycles. The molecule has 2 aliphatic rings. The molecule has 0 radical (unpaired) electrons.